The van der Waals surface area contributed by atoms with Crippen LogP contribution in [0.5, 0.6) is 0 Å². The maximum absolute atomic E-state index is 5.73. The third kappa shape index (κ3) is 2.46. The predicted octanol–water partition coefficient (Wildman–Crippen LogP) is 2.07. The molecule has 5 heteroatoms. The average molecular weight is 230 g/mol. The Balaban J connectivity index is 1.97. The molecule has 0 saturated carbocycles. The highest BCUT2D eigenvalue weighted by Gasteiger charge is 2.35. The van der Waals surface area contributed by atoms with Gasteiger partial charge < -0.3 is 8.92 Å². The molecule has 0 spiro atoms. The van der Waals surface area contributed by atoms with Crippen molar-refractivity contribution in [2.45, 2.75) is 37.8 Å². The van der Waals surface area contributed by atoms with Crippen molar-refractivity contribution >= 4 is 18.3 Å². The lowest BCUT2D eigenvalue weighted by molar-refractivity contribution is -0.0884. The van der Waals surface area contributed by atoms with Gasteiger partial charge in [-0.3, -0.25) is 5.01 Å². The first-order valence-corrected chi connectivity index (χ1v) is 6.27. The third-order valence-corrected chi connectivity index (χ3v) is 3.83. The van der Waals surface area contributed by atoms with Gasteiger partial charge in [0.25, 0.3) is 0 Å². The molecule has 0 aromatic carbocycles. The lowest BCUT2D eigenvalue weighted by atomic mass is 10.1. The predicted molar refractivity (Wildman–Crippen MR) is 61.5 cm³/mol. The molecular formula is C10H18N2O2S. The highest BCUT2D eigenvalue weighted by atomic mass is 32.2. The summed E-state index contributed by atoms with van der Waals surface area (Å²) in [7, 11) is 1.70. The number of hydrogen-bond acceptors (Lipinski definition) is 5. The van der Waals surface area contributed by atoms with Gasteiger partial charge in [-0.2, -0.15) is 5.10 Å². The minimum Gasteiger partial charge on any atom is -0.357 e. The highest BCUT2D eigenvalue weighted by Crippen LogP contribution is 2.32. The van der Waals surface area contributed by atoms with Crippen molar-refractivity contribution in [3.8, 4) is 0 Å². The minimum atomic E-state index is 0.146. The van der Waals surface area contributed by atoms with Crippen LogP contribution in [0.1, 0.15) is 26.2 Å². The molecule has 2 aliphatic heterocycles. The van der Waals surface area contributed by atoms with Gasteiger partial charge in [-0.25, -0.2) is 0 Å². The Morgan fingerprint density at radius 1 is 1.53 bits per heavy atom. The summed E-state index contributed by atoms with van der Waals surface area (Å²) in [4.78, 5) is 0. The van der Waals surface area contributed by atoms with E-state index in [-0.39, 0.29) is 11.6 Å². The van der Waals surface area contributed by atoms with E-state index in [1.54, 1.807) is 7.11 Å². The normalized spacial score (nSPS) is 36.1. The van der Waals surface area contributed by atoms with Crippen LogP contribution in [0, 0.1) is 5.92 Å². The quantitative estimate of drug-likeness (QED) is 0.695. The first-order chi connectivity index (χ1) is 7.33. The van der Waals surface area contributed by atoms with Crippen molar-refractivity contribution in [1.29, 1.82) is 0 Å². The average Bonchev–Trinajstić information content (AvgIpc) is 2.63. The third-order valence-electron chi connectivity index (χ3n) is 2.79. The first-order valence-electron chi connectivity index (χ1n) is 5.46. The van der Waals surface area contributed by atoms with Crippen LogP contribution in [-0.4, -0.2) is 36.5 Å². The van der Waals surface area contributed by atoms with Crippen molar-refractivity contribution in [3.63, 3.8) is 0 Å². The SMILES string of the molecule is COSC1C(C)C=NN1C1CCCCO1. The second-order valence-corrected chi connectivity index (χ2v) is 4.99. The van der Waals surface area contributed by atoms with Crippen LogP contribution in [0.2, 0.25) is 0 Å². The number of hydrogen-bond donors (Lipinski definition) is 0. The molecule has 3 atom stereocenters. The minimum absolute atomic E-state index is 0.146. The molecule has 1 fully saturated rings. The summed E-state index contributed by atoms with van der Waals surface area (Å²) in [6.07, 6.45) is 5.60. The number of hydrazone groups is 1. The standard InChI is InChI=1S/C10H18N2O2S/c1-8-7-11-12(10(8)15-13-2)9-5-3-4-6-14-9/h7-10H,3-6H2,1-2H3. The Kier molecular flexibility index (Phi) is 3.88. The molecule has 15 heavy (non-hydrogen) atoms. The molecule has 0 amide bonds. The summed E-state index contributed by atoms with van der Waals surface area (Å²) >= 11 is 1.47. The maximum Gasteiger partial charge on any atom is 0.147 e. The summed E-state index contributed by atoms with van der Waals surface area (Å²) < 4.78 is 10.9. The molecule has 0 aliphatic carbocycles. The second kappa shape index (κ2) is 5.18. The van der Waals surface area contributed by atoms with Crippen LogP contribution in [-0.2, 0) is 8.92 Å². The van der Waals surface area contributed by atoms with Gasteiger partial charge in [0.05, 0.1) is 7.11 Å². The van der Waals surface area contributed by atoms with Crippen molar-refractivity contribution in [2.75, 3.05) is 13.7 Å². The summed E-state index contributed by atoms with van der Waals surface area (Å²) in [5, 5.41) is 6.74. The summed E-state index contributed by atoms with van der Waals surface area (Å²) in [6, 6.07) is 0. The van der Waals surface area contributed by atoms with Crippen molar-refractivity contribution in [1.82, 2.24) is 5.01 Å². The molecule has 0 N–H and O–H groups in total. The first kappa shape index (κ1) is 11.2. The molecular weight excluding hydrogens is 212 g/mol. The molecule has 0 bridgehead atoms. The molecule has 2 aliphatic rings. The lowest BCUT2D eigenvalue weighted by Crippen LogP contribution is -2.40. The van der Waals surface area contributed by atoms with Crippen LogP contribution in [0.4, 0.5) is 0 Å². The van der Waals surface area contributed by atoms with E-state index in [4.69, 9.17) is 8.92 Å². The van der Waals surface area contributed by atoms with Gasteiger partial charge in [-0.05, 0) is 19.3 Å². The van der Waals surface area contributed by atoms with Gasteiger partial charge in [0.2, 0.25) is 0 Å². The fraction of sp³-hybridized carbons (Fsp3) is 0.900. The van der Waals surface area contributed by atoms with E-state index in [2.05, 4.69) is 17.0 Å². The molecule has 0 aromatic rings. The van der Waals surface area contributed by atoms with Crippen molar-refractivity contribution in [2.24, 2.45) is 11.0 Å². The fourth-order valence-electron chi connectivity index (χ4n) is 1.96. The second-order valence-electron chi connectivity index (χ2n) is 3.98. The zero-order chi connectivity index (χ0) is 10.7. The van der Waals surface area contributed by atoms with E-state index in [1.165, 1.54) is 24.9 Å². The highest BCUT2D eigenvalue weighted by molar-refractivity contribution is 7.95. The number of nitrogens with zero attached hydrogens (tertiary/aromatic N) is 2. The van der Waals surface area contributed by atoms with E-state index in [0.717, 1.165) is 13.0 Å². The Morgan fingerprint density at radius 2 is 2.40 bits per heavy atom. The zero-order valence-electron chi connectivity index (χ0n) is 9.26. The van der Waals surface area contributed by atoms with E-state index >= 15 is 0 Å². The Morgan fingerprint density at radius 3 is 3.07 bits per heavy atom. The monoisotopic (exact) mass is 230 g/mol. The molecule has 0 radical (unpaired) electrons. The Labute approximate surface area is 95.2 Å². The van der Waals surface area contributed by atoms with Gasteiger partial charge in [0, 0.05) is 30.8 Å². The topological polar surface area (TPSA) is 34.1 Å². The van der Waals surface area contributed by atoms with Gasteiger partial charge >= 0.3 is 0 Å². The van der Waals surface area contributed by atoms with Gasteiger partial charge in [-0.15, -0.1) is 0 Å². The van der Waals surface area contributed by atoms with E-state index in [9.17, 15) is 0 Å². The van der Waals surface area contributed by atoms with E-state index in [0.29, 0.717) is 5.92 Å². The van der Waals surface area contributed by atoms with Gasteiger partial charge in [0.1, 0.15) is 11.6 Å². The van der Waals surface area contributed by atoms with E-state index < -0.39 is 0 Å². The lowest BCUT2D eigenvalue weighted by Gasteiger charge is -2.34. The van der Waals surface area contributed by atoms with Crippen LogP contribution in [0.25, 0.3) is 0 Å². The Bertz CT molecular complexity index is 231. The smallest absolute Gasteiger partial charge is 0.147 e. The molecule has 4 nitrogen and oxygen atoms in total. The van der Waals surface area contributed by atoms with Crippen molar-refractivity contribution in [3.05, 3.63) is 0 Å². The zero-order valence-corrected chi connectivity index (χ0v) is 10.1. The molecule has 1 saturated heterocycles. The molecule has 0 aromatic heterocycles. The van der Waals surface area contributed by atoms with Crippen molar-refractivity contribution < 1.29 is 8.92 Å². The Hall–Kier alpha value is -0.260. The summed E-state index contributed by atoms with van der Waals surface area (Å²) in [6.45, 7) is 3.01. The fourth-order valence-corrected chi connectivity index (χ4v) is 2.68. The molecule has 86 valence electrons. The number of ether oxygens (including phenoxy) is 1. The van der Waals surface area contributed by atoms with Gasteiger partial charge in [-0.1, -0.05) is 6.92 Å². The maximum atomic E-state index is 5.73. The number of rotatable bonds is 3. The van der Waals surface area contributed by atoms with Crippen LogP contribution < -0.4 is 0 Å². The van der Waals surface area contributed by atoms with Crippen LogP contribution in [0.3, 0.4) is 0 Å². The summed E-state index contributed by atoms with van der Waals surface area (Å²) in [5.74, 6) is 0.417. The molecule has 2 rings (SSSR count). The molecule has 3 unspecified atom stereocenters. The molecule has 2 heterocycles. The van der Waals surface area contributed by atoms with Crippen LogP contribution >= 0.6 is 12.0 Å². The largest absolute Gasteiger partial charge is 0.357 e. The van der Waals surface area contributed by atoms with E-state index in [1.807, 2.05) is 6.21 Å². The summed E-state index contributed by atoms with van der Waals surface area (Å²) in [5.41, 5.74) is 0. The van der Waals surface area contributed by atoms with Crippen LogP contribution in [0.15, 0.2) is 5.10 Å². The van der Waals surface area contributed by atoms with Gasteiger partial charge in [0.15, 0.2) is 0 Å².